The van der Waals surface area contributed by atoms with Gasteiger partial charge in [-0.2, -0.15) is 0 Å². The van der Waals surface area contributed by atoms with Gasteiger partial charge in [-0.15, -0.1) is 0 Å². The van der Waals surface area contributed by atoms with Crippen molar-refractivity contribution in [3.05, 3.63) is 101 Å². The molecule has 1 N–H and O–H groups in total. The molecule has 1 saturated heterocycles. The monoisotopic (exact) mass is 510 g/mol. The van der Waals surface area contributed by atoms with E-state index in [-0.39, 0.29) is 29.6 Å². The van der Waals surface area contributed by atoms with Crippen molar-refractivity contribution in [2.45, 2.75) is 50.0 Å². The predicted molar refractivity (Wildman–Crippen MR) is 146 cm³/mol. The molecule has 3 aromatic carbocycles. The molecule has 3 aromatic rings. The highest BCUT2D eigenvalue weighted by molar-refractivity contribution is 5.97. The number of methoxy groups -OCH3 is 1. The van der Waals surface area contributed by atoms with Gasteiger partial charge in [0.15, 0.2) is 0 Å². The highest BCUT2D eigenvalue weighted by Crippen LogP contribution is 2.48. The fourth-order valence-corrected chi connectivity index (χ4v) is 6.25. The lowest BCUT2D eigenvalue weighted by molar-refractivity contribution is -0.135. The Hall–Kier alpha value is -3.93. The van der Waals surface area contributed by atoms with E-state index < -0.39 is 5.41 Å². The quantitative estimate of drug-likeness (QED) is 0.514. The Kier molecular flexibility index (Phi) is 7.32. The summed E-state index contributed by atoms with van der Waals surface area (Å²) in [6, 6.07) is 25.1. The van der Waals surface area contributed by atoms with Crippen molar-refractivity contribution in [3.63, 3.8) is 0 Å². The first-order valence-corrected chi connectivity index (χ1v) is 13.3. The molecule has 196 valence electrons. The molecule has 1 fully saturated rings. The molecular formula is C32H34N2O4. The zero-order chi connectivity index (χ0) is 26.7. The van der Waals surface area contributed by atoms with E-state index in [1.54, 1.807) is 26.2 Å². The number of nitrogens with one attached hydrogen (secondary N) is 1. The average molecular weight is 511 g/mol. The Morgan fingerprint density at radius 1 is 0.868 bits per heavy atom. The Morgan fingerprint density at radius 2 is 1.53 bits per heavy atom. The second kappa shape index (κ2) is 10.8. The van der Waals surface area contributed by atoms with E-state index in [1.165, 1.54) is 0 Å². The van der Waals surface area contributed by atoms with E-state index >= 15 is 0 Å². The van der Waals surface area contributed by atoms with E-state index in [2.05, 4.69) is 5.32 Å². The summed E-state index contributed by atoms with van der Waals surface area (Å²) in [7, 11) is 1.56. The Labute approximate surface area is 224 Å². The highest BCUT2D eigenvalue weighted by atomic mass is 16.5. The van der Waals surface area contributed by atoms with Crippen LogP contribution >= 0.6 is 0 Å². The van der Waals surface area contributed by atoms with Crippen LogP contribution in [0.4, 0.5) is 0 Å². The number of piperidine rings is 1. The van der Waals surface area contributed by atoms with Gasteiger partial charge < -0.3 is 15.0 Å². The number of fused-ring (bicyclic) bond motifs is 1. The number of hydrogen-bond acceptors (Lipinski definition) is 4. The third kappa shape index (κ3) is 4.60. The normalized spacial score (nSPS) is 21.3. The number of amides is 2. The number of rotatable bonds is 6. The molecule has 5 rings (SSSR count). The number of carbonyl (C=O) groups is 3. The summed E-state index contributed by atoms with van der Waals surface area (Å²) < 4.78 is 5.32. The molecule has 0 unspecified atom stereocenters. The Bertz CT molecular complexity index is 1330. The van der Waals surface area contributed by atoms with Gasteiger partial charge in [-0.05, 0) is 61.4 Å². The molecule has 6 nitrogen and oxygen atoms in total. The number of ether oxygens (including phenoxy) is 1. The van der Waals surface area contributed by atoms with Crippen LogP contribution in [-0.2, 0) is 15.0 Å². The first-order valence-electron chi connectivity index (χ1n) is 13.3. The molecular weight excluding hydrogens is 476 g/mol. The maximum Gasteiger partial charge on any atom is 0.255 e. The molecule has 1 aliphatic heterocycles. The van der Waals surface area contributed by atoms with Crippen LogP contribution in [-0.4, -0.2) is 48.7 Å². The van der Waals surface area contributed by atoms with Crippen LogP contribution in [0.15, 0.2) is 78.9 Å². The first kappa shape index (κ1) is 25.7. The molecule has 38 heavy (non-hydrogen) atoms. The number of benzene rings is 3. The fraction of sp³-hybridized carbons (Fsp3) is 0.344. The molecule has 2 amide bonds. The average Bonchev–Trinajstić information content (AvgIpc) is 2.97. The SMILES string of the molecule is COc1ccccc1C(=O)NC1CCN(C(=O)[C@H]2CC[C@@](C(C)=O)(c3ccccc3)c3ccccc32)CC1. The van der Waals surface area contributed by atoms with E-state index in [9.17, 15) is 14.4 Å². The van der Waals surface area contributed by atoms with Crippen LogP contribution in [0, 0.1) is 0 Å². The van der Waals surface area contributed by atoms with Crippen LogP contribution in [0.2, 0.25) is 0 Å². The van der Waals surface area contributed by atoms with Gasteiger partial charge >= 0.3 is 0 Å². The smallest absolute Gasteiger partial charge is 0.255 e. The zero-order valence-corrected chi connectivity index (χ0v) is 22.0. The topological polar surface area (TPSA) is 75.7 Å². The maximum absolute atomic E-state index is 13.8. The molecule has 2 atom stereocenters. The molecule has 0 saturated carbocycles. The van der Waals surface area contributed by atoms with Gasteiger partial charge in [0.1, 0.15) is 11.5 Å². The van der Waals surface area contributed by atoms with E-state index in [0.29, 0.717) is 50.1 Å². The first-order chi connectivity index (χ1) is 18.5. The van der Waals surface area contributed by atoms with Crippen molar-refractivity contribution in [2.75, 3.05) is 20.2 Å². The third-order valence-electron chi connectivity index (χ3n) is 8.26. The van der Waals surface area contributed by atoms with Crippen molar-refractivity contribution in [1.82, 2.24) is 10.2 Å². The van der Waals surface area contributed by atoms with Gasteiger partial charge in [-0.3, -0.25) is 14.4 Å². The predicted octanol–water partition coefficient (Wildman–Crippen LogP) is 4.87. The van der Waals surface area contributed by atoms with Gasteiger partial charge in [0.05, 0.1) is 24.0 Å². The molecule has 6 heteroatoms. The zero-order valence-electron chi connectivity index (χ0n) is 22.0. The Morgan fingerprint density at radius 3 is 2.24 bits per heavy atom. The summed E-state index contributed by atoms with van der Waals surface area (Å²) in [5.41, 5.74) is 2.67. The lowest BCUT2D eigenvalue weighted by atomic mass is 9.61. The number of ketones is 1. The summed E-state index contributed by atoms with van der Waals surface area (Å²) in [5.74, 6) is 0.327. The number of likely N-dealkylation sites (tertiary alicyclic amines) is 1. The van der Waals surface area contributed by atoms with Crippen LogP contribution in [0.3, 0.4) is 0 Å². The lowest BCUT2D eigenvalue weighted by Gasteiger charge is -2.42. The van der Waals surface area contributed by atoms with Gasteiger partial charge in [-0.25, -0.2) is 0 Å². The summed E-state index contributed by atoms with van der Waals surface area (Å²) in [5, 5.41) is 3.11. The molecule has 1 aliphatic carbocycles. The minimum absolute atomic E-state index is 0.00134. The maximum atomic E-state index is 13.8. The van der Waals surface area contributed by atoms with E-state index in [1.807, 2.05) is 71.6 Å². The summed E-state index contributed by atoms with van der Waals surface area (Å²) in [6.45, 7) is 2.84. The van der Waals surface area contributed by atoms with Crippen molar-refractivity contribution in [1.29, 1.82) is 0 Å². The lowest BCUT2D eigenvalue weighted by Crippen LogP contribution is -2.49. The van der Waals surface area contributed by atoms with Crippen LogP contribution in [0.1, 0.15) is 65.6 Å². The number of para-hydroxylation sites is 1. The van der Waals surface area contributed by atoms with Gasteiger partial charge in [0, 0.05) is 19.1 Å². The van der Waals surface area contributed by atoms with Crippen molar-refractivity contribution >= 4 is 17.6 Å². The Balaban J connectivity index is 1.30. The molecule has 0 aromatic heterocycles. The second-order valence-electron chi connectivity index (χ2n) is 10.3. The van der Waals surface area contributed by atoms with Crippen LogP contribution < -0.4 is 10.1 Å². The standard InChI is InChI=1S/C32H34N2O4/c1-22(35)32(23-10-4-3-5-11-23)19-16-26(25-12-6-8-14-28(25)32)31(37)34-20-17-24(18-21-34)33-30(36)27-13-7-9-15-29(27)38-2/h3-15,24,26H,16-21H2,1-2H3,(H,33,36)/t26-,32+/m0/s1. The van der Waals surface area contributed by atoms with Crippen molar-refractivity contribution in [2.24, 2.45) is 0 Å². The van der Waals surface area contributed by atoms with Gasteiger partial charge in [0.2, 0.25) is 5.91 Å². The highest BCUT2D eigenvalue weighted by Gasteiger charge is 2.47. The van der Waals surface area contributed by atoms with E-state index in [0.717, 1.165) is 16.7 Å². The summed E-state index contributed by atoms with van der Waals surface area (Å²) in [6.07, 6.45) is 2.62. The van der Waals surface area contributed by atoms with E-state index in [4.69, 9.17) is 4.74 Å². The largest absolute Gasteiger partial charge is 0.496 e. The number of carbonyl (C=O) groups excluding carboxylic acids is 3. The molecule has 1 heterocycles. The minimum Gasteiger partial charge on any atom is -0.496 e. The van der Waals surface area contributed by atoms with Crippen molar-refractivity contribution < 1.29 is 19.1 Å². The number of nitrogens with zero attached hydrogens (tertiary/aromatic N) is 1. The fourth-order valence-electron chi connectivity index (χ4n) is 6.25. The van der Waals surface area contributed by atoms with Crippen molar-refractivity contribution in [3.8, 4) is 5.75 Å². The number of hydrogen-bond donors (Lipinski definition) is 1. The number of Topliss-reactive ketones (excluding diaryl/α,β-unsaturated/α-hetero) is 1. The molecule has 0 spiro atoms. The molecule has 2 aliphatic rings. The van der Waals surface area contributed by atoms with Gasteiger partial charge in [0.25, 0.3) is 5.91 Å². The van der Waals surface area contributed by atoms with Gasteiger partial charge in [-0.1, -0.05) is 66.7 Å². The van der Waals surface area contributed by atoms with Crippen LogP contribution in [0.25, 0.3) is 0 Å². The summed E-state index contributed by atoms with van der Waals surface area (Å²) >= 11 is 0. The third-order valence-corrected chi connectivity index (χ3v) is 8.26. The minimum atomic E-state index is -0.732. The summed E-state index contributed by atoms with van der Waals surface area (Å²) in [4.78, 5) is 41.7. The molecule has 0 bridgehead atoms. The van der Waals surface area contributed by atoms with Crippen LogP contribution in [0.5, 0.6) is 5.75 Å². The molecule has 0 radical (unpaired) electrons. The second-order valence-corrected chi connectivity index (χ2v) is 10.3.